The molecule has 4 N–H and O–H groups in total. The molecule has 434 valence electrons. The SMILES string of the molecule is CN(C(=O)CCc1cccc(F)c1Cl)[C@H](COC(=O)Nc1cc(-c2cccc(F)c2)no1)CC(F)(F)CN.CN(C(=O)CCc1cccc(F)c1Cl)[C@H](COC(=O)Nc1cc(-c2cccc(F)c2)no1)CC(F)(F)CN=[N+]=[N-].S.S.[HH]. The van der Waals surface area contributed by atoms with Gasteiger partial charge in [-0.05, 0) is 65.9 Å². The maximum absolute atomic E-state index is 14.4. The Morgan fingerprint density at radius 3 is 1.48 bits per heavy atom. The van der Waals surface area contributed by atoms with Crippen LogP contribution < -0.4 is 16.4 Å². The normalized spacial score (nSPS) is 11.7. The fraction of sp³-hybridized carbons (Fsp3) is 0.320. The first kappa shape index (κ1) is 67.0. The molecule has 0 aliphatic rings. The first-order chi connectivity index (χ1) is 37.0. The molecule has 0 fully saturated rings. The van der Waals surface area contributed by atoms with Crippen molar-refractivity contribution in [1.82, 2.24) is 20.1 Å². The van der Waals surface area contributed by atoms with Gasteiger partial charge in [0.2, 0.25) is 23.6 Å². The summed E-state index contributed by atoms with van der Waals surface area (Å²) in [5, 5.41) is 14.6. The van der Waals surface area contributed by atoms with Crippen molar-refractivity contribution >= 4 is 86.0 Å². The van der Waals surface area contributed by atoms with Gasteiger partial charge in [0.15, 0.2) is 0 Å². The van der Waals surface area contributed by atoms with Crippen molar-refractivity contribution in [1.29, 1.82) is 0 Å². The second kappa shape index (κ2) is 31.5. The number of aryl methyl sites for hydroxylation is 2. The molecule has 2 aromatic heterocycles. The number of nitrogens with one attached hydrogen (secondary N) is 2. The van der Waals surface area contributed by atoms with E-state index in [2.05, 4.69) is 31.0 Å². The smallest absolute Gasteiger partial charge is 0.414 e. The van der Waals surface area contributed by atoms with E-state index in [9.17, 15) is 54.3 Å². The Kier molecular flexibility index (Phi) is 26.4. The number of nitrogens with two attached hydrogens (primary N) is 1. The minimum atomic E-state index is -3.53. The summed E-state index contributed by atoms with van der Waals surface area (Å²) in [5.41, 5.74) is 15.5. The number of nitrogens with zero attached hydrogens (tertiary/aromatic N) is 7. The third kappa shape index (κ3) is 20.8. The largest absolute Gasteiger partial charge is 0.447 e. The zero-order valence-electron chi connectivity index (χ0n) is 42.2. The van der Waals surface area contributed by atoms with Crippen LogP contribution in [0.5, 0.6) is 0 Å². The van der Waals surface area contributed by atoms with Gasteiger partial charge in [-0.1, -0.05) is 87.2 Å². The van der Waals surface area contributed by atoms with Crippen LogP contribution in [-0.4, -0.2) is 108 Å². The molecule has 6 aromatic rings. The standard InChI is InChI=1S/C25H23ClF4N6O4.C25H25ClF4N4O4.2H2S.H2/c1-36(22(37)9-8-15-4-3-7-19(28)23(15)26)18(12-25(29,30)14-32-35-31)13-39-24(38)33-21-11-20(34-40-21)16-5-2-6-17(27)10-16;1-34(22(35)9-8-15-4-3-7-19(28)23(15)26)18(12-25(29,30)14-31)13-37-24(36)32-21-11-20(33-38-21)16-5-2-6-17(27)10-16;;;/h2-7,10-11,18H,8-9,12-14H2,1H3,(H,33,38);2-7,10-11,18H,8-9,12-14,31H2,1H3,(H,32,36);2*1H2;1H/t2*18-;;;/m00.../s1. The van der Waals surface area contributed by atoms with Crippen molar-refractivity contribution < 1.29 is 74.2 Å². The van der Waals surface area contributed by atoms with Gasteiger partial charge in [0.1, 0.15) is 47.9 Å². The number of azide groups is 1. The molecule has 0 unspecified atom stereocenters. The lowest BCUT2D eigenvalue weighted by atomic mass is 10.1. The van der Waals surface area contributed by atoms with Crippen LogP contribution in [0.1, 0.15) is 38.2 Å². The van der Waals surface area contributed by atoms with E-state index < -0.39 is 110 Å². The number of carbonyl (C=O) groups excluding carboxylic acids is 4. The van der Waals surface area contributed by atoms with E-state index in [0.717, 1.165) is 15.9 Å². The summed E-state index contributed by atoms with van der Waals surface area (Å²) in [6.45, 7) is -3.40. The van der Waals surface area contributed by atoms with E-state index in [4.69, 9.17) is 53.0 Å². The van der Waals surface area contributed by atoms with Gasteiger partial charge >= 0.3 is 12.2 Å². The minimum absolute atomic E-state index is 0. The topological polar surface area (TPSA) is 244 Å². The van der Waals surface area contributed by atoms with Crippen LogP contribution in [0.3, 0.4) is 0 Å². The Bertz CT molecular complexity index is 3100. The predicted octanol–water partition coefficient (Wildman–Crippen LogP) is 12.4. The van der Waals surface area contributed by atoms with Gasteiger partial charge in [-0.25, -0.2) is 44.7 Å². The lowest BCUT2D eigenvalue weighted by Crippen LogP contribution is -2.46. The van der Waals surface area contributed by atoms with Gasteiger partial charge in [-0.3, -0.25) is 20.2 Å². The van der Waals surface area contributed by atoms with Crippen molar-refractivity contribution in [2.45, 2.75) is 62.5 Å². The highest BCUT2D eigenvalue weighted by Gasteiger charge is 2.37. The van der Waals surface area contributed by atoms with Crippen LogP contribution in [0.25, 0.3) is 33.0 Å². The maximum atomic E-state index is 14.4. The predicted molar refractivity (Wildman–Crippen MR) is 291 cm³/mol. The molecule has 0 aliphatic carbocycles. The van der Waals surface area contributed by atoms with Crippen LogP contribution in [0.4, 0.5) is 56.5 Å². The zero-order chi connectivity index (χ0) is 57.2. The number of aromatic nitrogens is 2. The number of rotatable bonds is 23. The van der Waals surface area contributed by atoms with Crippen LogP contribution in [0.2, 0.25) is 10.0 Å². The summed E-state index contributed by atoms with van der Waals surface area (Å²) in [7, 11) is 2.53. The Balaban J connectivity index is 0.000000534. The summed E-state index contributed by atoms with van der Waals surface area (Å²) in [6, 6.07) is 19.3. The summed E-state index contributed by atoms with van der Waals surface area (Å²) in [4.78, 5) is 54.5. The molecule has 0 aliphatic heterocycles. The highest BCUT2D eigenvalue weighted by Crippen LogP contribution is 2.29. The molecule has 0 saturated carbocycles. The van der Waals surface area contributed by atoms with Crippen LogP contribution in [-0.2, 0) is 31.9 Å². The first-order valence-corrected chi connectivity index (χ1v) is 23.9. The van der Waals surface area contributed by atoms with Gasteiger partial charge in [-0.15, -0.1) is 0 Å². The highest BCUT2D eigenvalue weighted by atomic mass is 35.5. The molecule has 30 heteroatoms. The fourth-order valence-corrected chi connectivity index (χ4v) is 7.61. The monoisotopic (exact) mass is 1210 g/mol. The molecule has 6 rings (SSSR count). The molecular weight excluding hydrogens is 1160 g/mol. The number of anilines is 2. The molecule has 4 amide bonds. The lowest BCUT2D eigenvalue weighted by Gasteiger charge is -2.30. The highest BCUT2D eigenvalue weighted by molar-refractivity contribution is 7.59. The molecule has 0 bridgehead atoms. The Morgan fingerprint density at radius 2 is 1.09 bits per heavy atom. The number of likely N-dealkylation sites (N-methyl/N-ethyl adjacent to an activating group) is 2. The van der Waals surface area contributed by atoms with E-state index >= 15 is 0 Å². The van der Waals surface area contributed by atoms with Crippen LogP contribution >= 0.6 is 50.2 Å². The number of hydrogen-bond donors (Lipinski definition) is 3. The van der Waals surface area contributed by atoms with Crippen molar-refractivity contribution in [3.63, 3.8) is 0 Å². The first-order valence-electron chi connectivity index (χ1n) is 23.1. The van der Waals surface area contributed by atoms with Crippen LogP contribution in [0, 0.1) is 23.3 Å². The van der Waals surface area contributed by atoms with Crippen LogP contribution in [0.15, 0.2) is 111 Å². The number of carbonyl (C=O) groups is 4. The number of hydrogen-bond acceptors (Lipinski definition) is 12. The van der Waals surface area contributed by atoms with E-state index in [1.165, 1.54) is 86.9 Å². The molecule has 18 nitrogen and oxygen atoms in total. The maximum Gasteiger partial charge on any atom is 0.414 e. The number of benzene rings is 4. The van der Waals surface area contributed by atoms with Gasteiger partial charge < -0.3 is 34.1 Å². The Morgan fingerprint density at radius 1 is 0.688 bits per heavy atom. The van der Waals surface area contributed by atoms with E-state index in [1.807, 2.05) is 0 Å². The van der Waals surface area contributed by atoms with Crippen molar-refractivity contribution in [3.05, 3.63) is 152 Å². The van der Waals surface area contributed by atoms with Gasteiger partial charge in [-0.2, -0.15) is 27.0 Å². The van der Waals surface area contributed by atoms with E-state index in [1.54, 1.807) is 18.2 Å². The molecule has 0 radical (unpaired) electrons. The number of alkyl halides is 4. The molecular formula is C50H54Cl2F8N10O8S2. The Hall–Kier alpha value is -7.23. The van der Waals surface area contributed by atoms with E-state index in [0.29, 0.717) is 22.3 Å². The second-order valence-corrected chi connectivity index (χ2v) is 17.8. The summed E-state index contributed by atoms with van der Waals surface area (Å²) in [6.07, 6.45) is -4.27. The van der Waals surface area contributed by atoms with Gasteiger partial charge in [0, 0.05) is 69.4 Å². The Labute approximate surface area is 477 Å². The molecule has 80 heavy (non-hydrogen) atoms. The number of amides is 4. The molecule has 2 atom stereocenters. The average Bonchev–Trinajstić information content (AvgIpc) is 4.08. The van der Waals surface area contributed by atoms with Gasteiger partial charge in [0.25, 0.3) is 11.8 Å². The molecule has 4 aromatic carbocycles. The summed E-state index contributed by atoms with van der Waals surface area (Å²) in [5.74, 6) is -10.6. The molecule has 0 spiro atoms. The average molecular weight is 1210 g/mol. The third-order valence-corrected chi connectivity index (χ3v) is 12.3. The van der Waals surface area contributed by atoms with Crippen molar-refractivity contribution in [2.75, 3.05) is 51.0 Å². The van der Waals surface area contributed by atoms with Crippen molar-refractivity contribution in [2.24, 2.45) is 10.8 Å². The van der Waals surface area contributed by atoms with E-state index in [-0.39, 0.29) is 87.3 Å². The quantitative estimate of drug-likeness (QED) is 0.0236. The number of halogens is 10. The number of ether oxygens (including phenoxy) is 2. The lowest BCUT2D eigenvalue weighted by molar-refractivity contribution is -0.135. The molecule has 0 saturated heterocycles. The second-order valence-electron chi connectivity index (χ2n) is 17.1. The zero-order valence-corrected chi connectivity index (χ0v) is 45.7. The fourth-order valence-electron chi connectivity index (χ4n) is 7.17. The minimum Gasteiger partial charge on any atom is -0.447 e. The van der Waals surface area contributed by atoms with Crippen molar-refractivity contribution in [3.8, 4) is 22.5 Å². The summed E-state index contributed by atoms with van der Waals surface area (Å²) >= 11 is 11.8. The molecule has 2 heterocycles. The van der Waals surface area contributed by atoms with Gasteiger partial charge in [0.05, 0.1) is 35.2 Å². The summed E-state index contributed by atoms with van der Waals surface area (Å²) < 4.78 is 131. The third-order valence-electron chi connectivity index (χ3n) is 11.4.